The molecule has 1 saturated carbocycles. The zero-order valence-electron chi connectivity index (χ0n) is 10.2. The van der Waals surface area contributed by atoms with E-state index in [0.29, 0.717) is 0 Å². The highest BCUT2D eigenvalue weighted by Gasteiger charge is 2.27. The van der Waals surface area contributed by atoms with Gasteiger partial charge >= 0.3 is 0 Å². The Balaban J connectivity index is 2.04. The van der Waals surface area contributed by atoms with E-state index in [9.17, 15) is 4.79 Å². The van der Waals surface area contributed by atoms with Crippen LogP contribution in [0.15, 0.2) is 22.9 Å². The molecule has 4 nitrogen and oxygen atoms in total. The van der Waals surface area contributed by atoms with Gasteiger partial charge in [0, 0.05) is 18.4 Å². The van der Waals surface area contributed by atoms with Gasteiger partial charge in [-0.25, -0.2) is 0 Å². The van der Waals surface area contributed by atoms with E-state index in [0.717, 1.165) is 35.8 Å². The van der Waals surface area contributed by atoms with E-state index >= 15 is 0 Å². The van der Waals surface area contributed by atoms with Crippen molar-refractivity contribution in [1.82, 2.24) is 4.98 Å². The topological polar surface area (TPSA) is 68.0 Å². The van der Waals surface area contributed by atoms with Crippen molar-refractivity contribution in [1.29, 1.82) is 0 Å². The zero-order chi connectivity index (χ0) is 13.0. The summed E-state index contributed by atoms with van der Waals surface area (Å²) in [5.74, 6) is -0.0520. The number of amides is 1. The maximum atomic E-state index is 12.3. The molecular formula is C13H18BrN3O. The Morgan fingerprint density at radius 3 is 2.94 bits per heavy atom. The van der Waals surface area contributed by atoms with Crippen LogP contribution >= 0.6 is 15.9 Å². The highest BCUT2D eigenvalue weighted by molar-refractivity contribution is 9.10. The summed E-state index contributed by atoms with van der Waals surface area (Å²) in [5, 5.41) is 2.93. The number of carbonyl (C=O) groups is 1. The molecule has 2 atom stereocenters. The first-order valence-electron chi connectivity index (χ1n) is 6.34. The lowest BCUT2D eigenvalue weighted by Gasteiger charge is -2.20. The van der Waals surface area contributed by atoms with Gasteiger partial charge < -0.3 is 11.1 Å². The Labute approximate surface area is 115 Å². The minimum Gasteiger partial charge on any atom is -0.327 e. The predicted molar refractivity (Wildman–Crippen MR) is 75.1 cm³/mol. The van der Waals surface area contributed by atoms with Crippen molar-refractivity contribution < 1.29 is 4.79 Å². The Hall–Kier alpha value is -0.940. The van der Waals surface area contributed by atoms with Gasteiger partial charge in [-0.15, -0.1) is 0 Å². The standard InChI is InChI=1S/C13H18BrN3O/c14-10-8-16-7-6-12(10)17-13(18)9-4-2-1-3-5-11(9)15/h6-9,11H,1-5,15H2,(H,16,17,18). The van der Waals surface area contributed by atoms with Crippen LogP contribution in [0.4, 0.5) is 5.69 Å². The number of nitrogens with one attached hydrogen (secondary N) is 1. The number of hydrogen-bond acceptors (Lipinski definition) is 3. The van der Waals surface area contributed by atoms with Crippen LogP contribution in [0.2, 0.25) is 0 Å². The van der Waals surface area contributed by atoms with Crippen LogP contribution in [0, 0.1) is 5.92 Å². The molecule has 1 aliphatic rings. The number of carbonyl (C=O) groups excluding carboxylic acids is 1. The van der Waals surface area contributed by atoms with Crippen molar-refractivity contribution in [3.8, 4) is 0 Å². The van der Waals surface area contributed by atoms with Crippen LogP contribution in [0.3, 0.4) is 0 Å². The summed E-state index contributed by atoms with van der Waals surface area (Å²) < 4.78 is 0.792. The minimum atomic E-state index is -0.0763. The molecule has 1 aliphatic carbocycles. The number of pyridine rings is 1. The number of nitrogens with zero attached hydrogens (tertiary/aromatic N) is 1. The summed E-state index contributed by atoms with van der Waals surface area (Å²) in [6.45, 7) is 0. The molecule has 0 saturated heterocycles. The van der Waals surface area contributed by atoms with E-state index in [2.05, 4.69) is 26.2 Å². The van der Waals surface area contributed by atoms with Gasteiger partial charge in [0.05, 0.1) is 16.1 Å². The second-order valence-electron chi connectivity index (χ2n) is 4.75. The lowest BCUT2D eigenvalue weighted by atomic mass is 9.94. The fourth-order valence-electron chi connectivity index (χ4n) is 2.36. The van der Waals surface area contributed by atoms with Gasteiger partial charge in [0.15, 0.2) is 0 Å². The molecule has 0 spiro atoms. The van der Waals surface area contributed by atoms with Gasteiger partial charge in [0.1, 0.15) is 0 Å². The van der Waals surface area contributed by atoms with Crippen molar-refractivity contribution in [2.24, 2.45) is 11.7 Å². The monoisotopic (exact) mass is 311 g/mol. The quantitative estimate of drug-likeness (QED) is 0.825. The maximum Gasteiger partial charge on any atom is 0.229 e. The van der Waals surface area contributed by atoms with E-state index in [1.165, 1.54) is 6.42 Å². The molecule has 2 unspecified atom stereocenters. The molecule has 3 N–H and O–H groups in total. The van der Waals surface area contributed by atoms with Gasteiger partial charge in [-0.1, -0.05) is 19.3 Å². The number of aromatic nitrogens is 1. The third kappa shape index (κ3) is 3.29. The smallest absolute Gasteiger partial charge is 0.229 e. The van der Waals surface area contributed by atoms with E-state index in [1.807, 2.05) is 0 Å². The first-order chi connectivity index (χ1) is 8.68. The van der Waals surface area contributed by atoms with Crippen LogP contribution in [0.25, 0.3) is 0 Å². The highest BCUT2D eigenvalue weighted by atomic mass is 79.9. The van der Waals surface area contributed by atoms with Crippen molar-refractivity contribution in [2.45, 2.75) is 38.1 Å². The number of hydrogen-bond donors (Lipinski definition) is 2. The molecule has 1 aromatic rings. The molecule has 2 rings (SSSR count). The second kappa shape index (κ2) is 6.29. The Bertz CT molecular complexity index is 424. The van der Waals surface area contributed by atoms with Crippen molar-refractivity contribution in [2.75, 3.05) is 5.32 Å². The van der Waals surface area contributed by atoms with Crippen molar-refractivity contribution >= 4 is 27.5 Å². The predicted octanol–water partition coefficient (Wildman–Crippen LogP) is 2.69. The maximum absolute atomic E-state index is 12.3. The summed E-state index contributed by atoms with van der Waals surface area (Å²) in [5.41, 5.74) is 6.84. The lowest BCUT2D eigenvalue weighted by molar-refractivity contribution is -0.120. The van der Waals surface area contributed by atoms with Crippen LogP contribution in [0.1, 0.15) is 32.1 Å². The van der Waals surface area contributed by atoms with E-state index in [-0.39, 0.29) is 17.9 Å². The number of rotatable bonds is 2. The SMILES string of the molecule is NC1CCCCCC1C(=O)Nc1ccncc1Br. The van der Waals surface area contributed by atoms with E-state index < -0.39 is 0 Å². The van der Waals surface area contributed by atoms with Gasteiger partial charge in [0.2, 0.25) is 5.91 Å². The molecule has 0 bridgehead atoms. The largest absolute Gasteiger partial charge is 0.327 e. The molecule has 1 fully saturated rings. The molecule has 18 heavy (non-hydrogen) atoms. The van der Waals surface area contributed by atoms with Gasteiger partial charge in [0.25, 0.3) is 0 Å². The molecule has 1 heterocycles. The minimum absolute atomic E-state index is 0.0203. The third-order valence-electron chi connectivity index (χ3n) is 3.44. The van der Waals surface area contributed by atoms with Crippen LogP contribution in [0.5, 0.6) is 0 Å². The summed E-state index contributed by atoms with van der Waals surface area (Å²) in [6.07, 6.45) is 8.55. The molecule has 98 valence electrons. The van der Waals surface area contributed by atoms with Gasteiger partial charge in [-0.2, -0.15) is 0 Å². The highest BCUT2D eigenvalue weighted by Crippen LogP contribution is 2.25. The first kappa shape index (κ1) is 13.5. The lowest BCUT2D eigenvalue weighted by Crippen LogP contribution is -2.37. The third-order valence-corrected chi connectivity index (χ3v) is 4.07. The summed E-state index contributed by atoms with van der Waals surface area (Å²) in [6, 6.07) is 1.76. The molecule has 0 radical (unpaired) electrons. The summed E-state index contributed by atoms with van der Waals surface area (Å²) in [7, 11) is 0. The zero-order valence-corrected chi connectivity index (χ0v) is 11.8. The number of halogens is 1. The Kier molecular flexibility index (Phi) is 4.72. The van der Waals surface area contributed by atoms with Crippen LogP contribution in [-0.2, 0) is 4.79 Å². The fraction of sp³-hybridized carbons (Fsp3) is 0.538. The van der Waals surface area contributed by atoms with Gasteiger partial charge in [-0.05, 0) is 34.8 Å². The molecule has 5 heteroatoms. The van der Waals surface area contributed by atoms with Crippen molar-refractivity contribution in [3.63, 3.8) is 0 Å². The molecular weight excluding hydrogens is 294 g/mol. The summed E-state index contributed by atoms with van der Waals surface area (Å²) in [4.78, 5) is 16.2. The summed E-state index contributed by atoms with van der Waals surface area (Å²) >= 11 is 3.37. The van der Waals surface area contributed by atoms with Crippen LogP contribution in [-0.4, -0.2) is 16.9 Å². The van der Waals surface area contributed by atoms with E-state index in [1.54, 1.807) is 18.5 Å². The molecule has 0 aliphatic heterocycles. The van der Waals surface area contributed by atoms with E-state index in [4.69, 9.17) is 5.73 Å². The van der Waals surface area contributed by atoms with Crippen molar-refractivity contribution in [3.05, 3.63) is 22.9 Å². The average molecular weight is 312 g/mol. The normalized spacial score (nSPS) is 24.3. The Morgan fingerprint density at radius 1 is 1.39 bits per heavy atom. The Morgan fingerprint density at radius 2 is 2.17 bits per heavy atom. The second-order valence-corrected chi connectivity index (χ2v) is 5.61. The first-order valence-corrected chi connectivity index (χ1v) is 7.14. The molecule has 1 aromatic heterocycles. The number of nitrogens with two attached hydrogens (primary N) is 1. The molecule has 1 amide bonds. The number of anilines is 1. The fourth-order valence-corrected chi connectivity index (χ4v) is 2.71. The molecule has 0 aromatic carbocycles. The average Bonchev–Trinajstić information content (AvgIpc) is 2.57. The van der Waals surface area contributed by atoms with Gasteiger partial charge in [-0.3, -0.25) is 9.78 Å². The van der Waals surface area contributed by atoms with Crippen LogP contribution < -0.4 is 11.1 Å².